The van der Waals surface area contributed by atoms with Crippen molar-refractivity contribution >= 4 is 27.3 Å². The Morgan fingerprint density at radius 1 is 1.06 bits per heavy atom. The largest absolute Gasteiger partial charge is 0.491 e. The first-order valence-corrected chi connectivity index (χ1v) is 11.9. The fourth-order valence-electron chi connectivity index (χ4n) is 3.22. The summed E-state index contributed by atoms with van der Waals surface area (Å²) >= 11 is 0. The van der Waals surface area contributed by atoms with Crippen LogP contribution in [0, 0.1) is 17.0 Å². The van der Waals surface area contributed by atoms with Crippen molar-refractivity contribution in [1.29, 1.82) is 0 Å². The third kappa shape index (κ3) is 6.10. The number of aryl methyl sites for hydroxylation is 1. The number of anilines is 1. The van der Waals surface area contributed by atoms with Crippen molar-refractivity contribution in [3.8, 4) is 5.75 Å². The Balaban J connectivity index is 1.80. The molecule has 3 rings (SSSR count). The smallest absolute Gasteiger partial charge is 0.271 e. The Hall–Kier alpha value is -3.92. The lowest BCUT2D eigenvalue weighted by atomic mass is 10.2. The quantitative estimate of drug-likeness (QED) is 0.347. The molecule has 1 unspecified atom stereocenters. The lowest BCUT2D eigenvalue weighted by Crippen LogP contribution is -2.45. The number of para-hydroxylation sites is 1. The van der Waals surface area contributed by atoms with E-state index >= 15 is 0 Å². The molecule has 3 aromatic carbocycles. The molecule has 0 radical (unpaired) electrons. The van der Waals surface area contributed by atoms with Gasteiger partial charge in [0.25, 0.3) is 15.7 Å². The van der Waals surface area contributed by atoms with Crippen LogP contribution in [0.4, 0.5) is 11.4 Å². The number of nitro groups is 1. The van der Waals surface area contributed by atoms with Gasteiger partial charge >= 0.3 is 0 Å². The fourth-order valence-corrected chi connectivity index (χ4v) is 4.66. The maximum atomic E-state index is 13.3. The third-order valence-electron chi connectivity index (χ3n) is 4.94. The summed E-state index contributed by atoms with van der Waals surface area (Å²) in [7, 11) is -4.17. The predicted molar refractivity (Wildman–Crippen MR) is 128 cm³/mol. The molecule has 0 aliphatic carbocycles. The molecule has 34 heavy (non-hydrogen) atoms. The Morgan fingerprint density at radius 3 is 2.41 bits per heavy atom. The average Bonchev–Trinajstić information content (AvgIpc) is 2.82. The molecule has 1 N–H and O–H groups in total. The van der Waals surface area contributed by atoms with E-state index in [9.17, 15) is 23.3 Å². The Morgan fingerprint density at radius 2 is 1.74 bits per heavy atom. The molecule has 10 heteroatoms. The third-order valence-corrected chi connectivity index (χ3v) is 6.72. The summed E-state index contributed by atoms with van der Waals surface area (Å²) in [4.78, 5) is 23.4. The lowest BCUT2D eigenvalue weighted by molar-refractivity contribution is -0.384. The van der Waals surface area contributed by atoms with Crippen LogP contribution in [0.3, 0.4) is 0 Å². The molecular weight excluding hydrogens is 458 g/mol. The maximum absolute atomic E-state index is 13.3. The number of benzene rings is 3. The predicted octanol–water partition coefficient (Wildman–Crippen LogP) is 3.68. The van der Waals surface area contributed by atoms with Crippen molar-refractivity contribution in [2.75, 3.05) is 17.5 Å². The minimum atomic E-state index is -4.17. The van der Waals surface area contributed by atoms with Crippen LogP contribution in [0.15, 0.2) is 83.8 Å². The van der Waals surface area contributed by atoms with Gasteiger partial charge in [-0.25, -0.2) is 8.42 Å². The molecule has 0 aliphatic rings. The van der Waals surface area contributed by atoms with E-state index in [0.717, 1.165) is 15.9 Å². The number of nitro benzene ring substituents is 1. The summed E-state index contributed by atoms with van der Waals surface area (Å²) in [6.45, 7) is 3.26. The van der Waals surface area contributed by atoms with Crippen LogP contribution in [0.1, 0.15) is 12.5 Å². The Bertz CT molecular complexity index is 1260. The number of sulfonamides is 1. The van der Waals surface area contributed by atoms with Gasteiger partial charge in [0.1, 0.15) is 18.9 Å². The zero-order valence-electron chi connectivity index (χ0n) is 18.7. The molecule has 0 heterocycles. The topological polar surface area (TPSA) is 119 Å². The van der Waals surface area contributed by atoms with E-state index in [-0.39, 0.29) is 22.9 Å². The van der Waals surface area contributed by atoms with Crippen LogP contribution in [0.5, 0.6) is 5.75 Å². The van der Waals surface area contributed by atoms with Gasteiger partial charge in [-0.05, 0) is 43.7 Å². The molecule has 1 atom stereocenters. The average molecular weight is 484 g/mol. The molecule has 9 nitrogen and oxygen atoms in total. The molecule has 0 saturated carbocycles. The highest BCUT2D eigenvalue weighted by Crippen LogP contribution is 2.27. The normalized spacial score (nSPS) is 11.9. The van der Waals surface area contributed by atoms with Crippen LogP contribution in [-0.2, 0) is 14.8 Å². The number of carbonyl (C=O) groups is 1. The van der Waals surface area contributed by atoms with Crippen molar-refractivity contribution in [2.24, 2.45) is 0 Å². The van der Waals surface area contributed by atoms with Gasteiger partial charge in [-0.1, -0.05) is 42.5 Å². The van der Waals surface area contributed by atoms with Crippen molar-refractivity contribution in [3.63, 3.8) is 0 Å². The number of amides is 1. The standard InChI is InChI=1S/C24H25N3O6S/c1-18-9-6-7-14-23(18)33-17-19(2)25-24(28)16-26(20-10-8-11-21(15-20)27(29)30)34(31,32)22-12-4-3-5-13-22/h3-15,19H,16-17H2,1-2H3,(H,25,28). The summed E-state index contributed by atoms with van der Waals surface area (Å²) in [5.41, 5.74) is 0.676. The molecule has 0 fully saturated rings. The number of hydrogen-bond donors (Lipinski definition) is 1. The molecule has 0 aliphatic heterocycles. The van der Waals surface area contributed by atoms with Gasteiger partial charge in [0.2, 0.25) is 5.91 Å². The van der Waals surface area contributed by atoms with E-state index in [1.165, 1.54) is 30.3 Å². The van der Waals surface area contributed by atoms with Gasteiger partial charge in [0, 0.05) is 12.1 Å². The van der Waals surface area contributed by atoms with Gasteiger partial charge in [0.05, 0.1) is 21.5 Å². The number of nitrogens with zero attached hydrogens (tertiary/aromatic N) is 2. The molecular formula is C24H25N3O6S. The highest BCUT2D eigenvalue weighted by atomic mass is 32.2. The van der Waals surface area contributed by atoms with Crippen molar-refractivity contribution in [1.82, 2.24) is 5.32 Å². The molecule has 0 aromatic heterocycles. The van der Waals surface area contributed by atoms with Gasteiger partial charge in [0.15, 0.2) is 0 Å². The number of ether oxygens (including phenoxy) is 1. The fraction of sp³-hybridized carbons (Fsp3) is 0.208. The summed E-state index contributed by atoms with van der Waals surface area (Å²) in [5, 5.41) is 13.9. The first kappa shape index (κ1) is 24.7. The zero-order valence-corrected chi connectivity index (χ0v) is 19.6. The van der Waals surface area contributed by atoms with E-state index in [1.807, 2.05) is 31.2 Å². The van der Waals surface area contributed by atoms with Crippen molar-refractivity contribution in [2.45, 2.75) is 24.8 Å². The first-order valence-electron chi connectivity index (χ1n) is 10.5. The van der Waals surface area contributed by atoms with Gasteiger partial charge in [-0.15, -0.1) is 0 Å². The molecule has 0 bridgehead atoms. The van der Waals surface area contributed by atoms with E-state index < -0.39 is 33.4 Å². The van der Waals surface area contributed by atoms with Crippen LogP contribution in [-0.4, -0.2) is 38.4 Å². The number of carbonyl (C=O) groups excluding carboxylic acids is 1. The maximum Gasteiger partial charge on any atom is 0.271 e. The summed E-state index contributed by atoms with van der Waals surface area (Å²) in [5.74, 6) is 0.111. The number of rotatable bonds is 10. The van der Waals surface area contributed by atoms with E-state index in [1.54, 1.807) is 25.1 Å². The zero-order chi connectivity index (χ0) is 24.7. The van der Waals surface area contributed by atoms with Gasteiger partial charge in [-0.3, -0.25) is 19.2 Å². The SMILES string of the molecule is Cc1ccccc1OCC(C)NC(=O)CN(c1cccc([N+](=O)[O-])c1)S(=O)(=O)c1ccccc1. The highest BCUT2D eigenvalue weighted by molar-refractivity contribution is 7.92. The van der Waals surface area contributed by atoms with E-state index in [2.05, 4.69) is 5.32 Å². The van der Waals surface area contributed by atoms with Crippen LogP contribution in [0.25, 0.3) is 0 Å². The summed E-state index contributed by atoms with van der Waals surface area (Å²) < 4.78 is 33.3. The molecule has 0 spiro atoms. The molecule has 3 aromatic rings. The second-order valence-corrected chi connectivity index (χ2v) is 9.51. The van der Waals surface area contributed by atoms with Crippen molar-refractivity contribution < 1.29 is 22.9 Å². The highest BCUT2D eigenvalue weighted by Gasteiger charge is 2.28. The molecule has 178 valence electrons. The monoisotopic (exact) mass is 483 g/mol. The van der Waals surface area contributed by atoms with Crippen LogP contribution in [0.2, 0.25) is 0 Å². The Kier molecular flexibility index (Phi) is 7.85. The Labute approximate surface area is 198 Å². The molecule has 0 saturated heterocycles. The minimum Gasteiger partial charge on any atom is -0.491 e. The van der Waals surface area contributed by atoms with Gasteiger partial charge < -0.3 is 10.1 Å². The summed E-state index contributed by atoms with van der Waals surface area (Å²) in [6.07, 6.45) is 0. The van der Waals surface area contributed by atoms with Crippen LogP contribution >= 0.6 is 0 Å². The second-order valence-electron chi connectivity index (χ2n) is 7.65. The summed E-state index contributed by atoms with van der Waals surface area (Å²) in [6, 6.07) is 19.8. The first-order chi connectivity index (χ1) is 16.2. The van der Waals surface area contributed by atoms with Crippen molar-refractivity contribution in [3.05, 3.63) is 94.5 Å². The second kappa shape index (κ2) is 10.8. The number of nitrogens with one attached hydrogen (secondary N) is 1. The van der Waals surface area contributed by atoms with E-state index in [4.69, 9.17) is 4.74 Å². The van der Waals surface area contributed by atoms with Gasteiger partial charge in [-0.2, -0.15) is 0 Å². The lowest BCUT2D eigenvalue weighted by Gasteiger charge is -2.25. The molecule has 1 amide bonds. The van der Waals surface area contributed by atoms with Crippen LogP contribution < -0.4 is 14.4 Å². The minimum absolute atomic E-state index is 0.0111. The number of hydrogen-bond acceptors (Lipinski definition) is 6. The van der Waals surface area contributed by atoms with E-state index in [0.29, 0.717) is 5.75 Å². The number of non-ortho nitro benzene ring substituents is 1.